The second-order valence-corrected chi connectivity index (χ2v) is 6.77. The van der Waals surface area contributed by atoms with E-state index in [0.29, 0.717) is 10.0 Å². The molecule has 0 aliphatic heterocycles. The van der Waals surface area contributed by atoms with Crippen LogP contribution >= 0.6 is 23.2 Å². The standard InChI is InChI=1S/C21H18Cl2O2/c1-2-21(14-6-4-3-5-7-14,15-8-10-19(24)17(22)12-15)16-9-11-20(25)18(23)13-16/h3-13,24-25H,2H2,1H3. The van der Waals surface area contributed by atoms with E-state index in [2.05, 4.69) is 19.1 Å². The van der Waals surface area contributed by atoms with Crippen molar-refractivity contribution in [1.29, 1.82) is 0 Å². The summed E-state index contributed by atoms with van der Waals surface area (Å²) in [5.74, 6) is 0.0967. The lowest BCUT2D eigenvalue weighted by Crippen LogP contribution is -2.28. The second-order valence-electron chi connectivity index (χ2n) is 5.96. The van der Waals surface area contributed by atoms with Crippen molar-refractivity contribution in [2.75, 3.05) is 0 Å². The minimum atomic E-state index is -0.504. The van der Waals surface area contributed by atoms with Gasteiger partial charge in [0.1, 0.15) is 11.5 Å². The van der Waals surface area contributed by atoms with E-state index < -0.39 is 5.41 Å². The molecule has 3 rings (SSSR count). The van der Waals surface area contributed by atoms with Gasteiger partial charge in [0.25, 0.3) is 0 Å². The van der Waals surface area contributed by atoms with E-state index >= 15 is 0 Å². The normalized spacial score (nSPS) is 11.5. The predicted molar refractivity (Wildman–Crippen MR) is 103 cm³/mol. The molecule has 4 heteroatoms. The average Bonchev–Trinajstić information content (AvgIpc) is 2.63. The Morgan fingerprint density at radius 2 is 1.20 bits per heavy atom. The van der Waals surface area contributed by atoms with Gasteiger partial charge < -0.3 is 10.2 Å². The van der Waals surface area contributed by atoms with Crippen LogP contribution in [0.5, 0.6) is 11.5 Å². The molecule has 0 aliphatic rings. The van der Waals surface area contributed by atoms with Gasteiger partial charge in [-0.15, -0.1) is 0 Å². The van der Waals surface area contributed by atoms with E-state index in [0.717, 1.165) is 23.1 Å². The molecule has 2 N–H and O–H groups in total. The molecule has 0 aromatic heterocycles. The highest BCUT2D eigenvalue weighted by atomic mass is 35.5. The molecule has 2 nitrogen and oxygen atoms in total. The van der Waals surface area contributed by atoms with Gasteiger partial charge in [0.05, 0.1) is 10.0 Å². The molecule has 0 aliphatic carbocycles. The SMILES string of the molecule is CCC(c1ccccc1)(c1ccc(O)c(Cl)c1)c1ccc(O)c(Cl)c1. The van der Waals surface area contributed by atoms with E-state index in [-0.39, 0.29) is 11.5 Å². The van der Waals surface area contributed by atoms with E-state index in [1.54, 1.807) is 24.3 Å². The van der Waals surface area contributed by atoms with Crippen molar-refractivity contribution in [2.45, 2.75) is 18.8 Å². The van der Waals surface area contributed by atoms with Crippen molar-refractivity contribution < 1.29 is 10.2 Å². The Morgan fingerprint density at radius 3 is 1.60 bits per heavy atom. The first-order valence-corrected chi connectivity index (χ1v) is 8.78. The Balaban J connectivity index is 2.33. The number of phenolic OH excluding ortho intramolecular Hbond substituents is 2. The smallest absolute Gasteiger partial charge is 0.134 e. The number of hydrogen-bond donors (Lipinski definition) is 2. The van der Waals surface area contributed by atoms with Crippen LogP contribution in [-0.2, 0) is 5.41 Å². The van der Waals surface area contributed by atoms with Gasteiger partial charge in [-0.1, -0.05) is 72.6 Å². The highest BCUT2D eigenvalue weighted by molar-refractivity contribution is 6.32. The molecule has 0 bridgehead atoms. The summed E-state index contributed by atoms with van der Waals surface area (Å²) in [6.07, 6.45) is 0.749. The molecule has 128 valence electrons. The zero-order valence-electron chi connectivity index (χ0n) is 13.7. The fourth-order valence-electron chi connectivity index (χ4n) is 3.38. The van der Waals surface area contributed by atoms with Crippen molar-refractivity contribution >= 4 is 23.2 Å². The quantitative estimate of drug-likeness (QED) is 0.539. The molecule has 0 fully saturated rings. The molecular formula is C21H18Cl2O2. The van der Waals surface area contributed by atoms with E-state index in [9.17, 15) is 10.2 Å². The maximum absolute atomic E-state index is 9.82. The van der Waals surface area contributed by atoms with Crippen LogP contribution in [0.2, 0.25) is 10.0 Å². The zero-order valence-corrected chi connectivity index (χ0v) is 15.2. The van der Waals surface area contributed by atoms with Crippen molar-refractivity contribution in [1.82, 2.24) is 0 Å². The van der Waals surface area contributed by atoms with Gasteiger partial charge in [0.2, 0.25) is 0 Å². The first-order valence-electron chi connectivity index (χ1n) is 8.02. The lowest BCUT2D eigenvalue weighted by atomic mass is 9.68. The average molecular weight is 373 g/mol. The summed E-state index contributed by atoms with van der Waals surface area (Å²) in [5, 5.41) is 20.2. The lowest BCUT2D eigenvalue weighted by molar-refractivity contribution is 0.473. The molecule has 3 aromatic rings. The van der Waals surface area contributed by atoms with E-state index in [1.165, 1.54) is 0 Å². The van der Waals surface area contributed by atoms with Crippen LogP contribution in [0.25, 0.3) is 0 Å². The molecule has 0 saturated carbocycles. The Kier molecular flexibility index (Phi) is 4.94. The molecule has 0 saturated heterocycles. The fourth-order valence-corrected chi connectivity index (χ4v) is 3.74. The van der Waals surface area contributed by atoms with E-state index in [1.807, 2.05) is 30.3 Å². The molecule has 0 spiro atoms. The summed E-state index contributed by atoms with van der Waals surface area (Å²) in [5.41, 5.74) is 2.48. The van der Waals surface area contributed by atoms with Crippen LogP contribution < -0.4 is 0 Å². The largest absolute Gasteiger partial charge is 0.506 e. The third-order valence-electron chi connectivity index (χ3n) is 4.68. The summed E-state index contributed by atoms with van der Waals surface area (Å²) in [6.45, 7) is 2.09. The highest BCUT2D eigenvalue weighted by Gasteiger charge is 2.35. The number of phenols is 2. The summed E-state index contributed by atoms with van der Waals surface area (Å²) in [4.78, 5) is 0. The van der Waals surface area contributed by atoms with Crippen LogP contribution in [-0.4, -0.2) is 10.2 Å². The topological polar surface area (TPSA) is 40.5 Å². The van der Waals surface area contributed by atoms with Crippen molar-refractivity contribution in [3.63, 3.8) is 0 Å². The maximum atomic E-state index is 9.82. The second kappa shape index (κ2) is 6.99. The summed E-state index contributed by atoms with van der Waals surface area (Å²) < 4.78 is 0. The molecule has 25 heavy (non-hydrogen) atoms. The maximum Gasteiger partial charge on any atom is 0.134 e. The molecule has 0 amide bonds. The third-order valence-corrected chi connectivity index (χ3v) is 5.28. The molecule has 0 atom stereocenters. The van der Waals surface area contributed by atoms with Crippen molar-refractivity contribution in [2.24, 2.45) is 0 Å². The van der Waals surface area contributed by atoms with Crippen molar-refractivity contribution in [3.05, 3.63) is 93.5 Å². The lowest BCUT2D eigenvalue weighted by Gasteiger charge is -2.35. The van der Waals surface area contributed by atoms with Crippen molar-refractivity contribution in [3.8, 4) is 11.5 Å². The number of aromatic hydroxyl groups is 2. The van der Waals surface area contributed by atoms with Crippen LogP contribution in [0.1, 0.15) is 30.0 Å². The summed E-state index contributed by atoms with van der Waals surface area (Å²) >= 11 is 12.4. The van der Waals surface area contributed by atoms with Gasteiger partial charge in [-0.25, -0.2) is 0 Å². The number of halogens is 2. The van der Waals surface area contributed by atoms with Gasteiger partial charge >= 0.3 is 0 Å². The number of benzene rings is 3. The minimum absolute atomic E-state index is 0.0484. The Bertz CT molecular complexity index is 840. The first-order chi connectivity index (χ1) is 12.0. The molecule has 3 aromatic carbocycles. The molecule has 0 heterocycles. The highest BCUT2D eigenvalue weighted by Crippen LogP contribution is 2.45. The van der Waals surface area contributed by atoms with Crippen LogP contribution in [0.15, 0.2) is 66.7 Å². The fraction of sp³-hybridized carbons (Fsp3) is 0.143. The van der Waals surface area contributed by atoms with E-state index in [4.69, 9.17) is 23.2 Å². The first kappa shape index (κ1) is 17.7. The van der Waals surface area contributed by atoms with Crippen LogP contribution in [0, 0.1) is 0 Å². The zero-order chi connectivity index (χ0) is 18.0. The molecular weight excluding hydrogens is 355 g/mol. The van der Waals surface area contributed by atoms with Crippen LogP contribution in [0.4, 0.5) is 0 Å². The number of rotatable bonds is 4. The monoisotopic (exact) mass is 372 g/mol. The predicted octanol–water partition coefficient (Wildman–Crippen LogP) is 6.15. The summed E-state index contributed by atoms with van der Waals surface area (Å²) in [6, 6.07) is 20.6. The van der Waals surface area contributed by atoms with Gasteiger partial charge in [0.15, 0.2) is 0 Å². The molecule has 0 unspecified atom stereocenters. The van der Waals surface area contributed by atoms with Gasteiger partial charge in [-0.3, -0.25) is 0 Å². The van der Waals surface area contributed by atoms with Gasteiger partial charge in [-0.05, 0) is 47.4 Å². The Morgan fingerprint density at radius 1 is 0.720 bits per heavy atom. The number of hydrogen-bond acceptors (Lipinski definition) is 2. The Labute approximate surface area is 157 Å². The van der Waals surface area contributed by atoms with Gasteiger partial charge in [-0.2, -0.15) is 0 Å². The minimum Gasteiger partial charge on any atom is -0.506 e. The molecule has 0 radical (unpaired) electrons. The van der Waals surface area contributed by atoms with Gasteiger partial charge in [0, 0.05) is 5.41 Å². The summed E-state index contributed by atoms with van der Waals surface area (Å²) in [7, 11) is 0. The van der Waals surface area contributed by atoms with Crippen LogP contribution in [0.3, 0.4) is 0 Å². The Hall–Kier alpha value is -2.16. The third kappa shape index (κ3) is 3.08.